The van der Waals surface area contributed by atoms with Gasteiger partial charge in [0.2, 0.25) is 0 Å². The Labute approximate surface area is 243 Å². The van der Waals surface area contributed by atoms with Crippen LogP contribution in [0.2, 0.25) is 0 Å². The normalized spacial score (nSPS) is 12.0. The number of nitrogens with zero attached hydrogens (tertiary/aromatic N) is 2. The van der Waals surface area contributed by atoms with Gasteiger partial charge in [0.1, 0.15) is 18.5 Å². The van der Waals surface area contributed by atoms with E-state index < -0.39 is 6.17 Å². The molecule has 218 valence electrons. The SMILES string of the molecule is CCCCCCCCCCc1ccc(-c2ncc(-c3ccc(OCC(F)CCCCCCCC)cc3)cn2)cc1. The Morgan fingerprint density at radius 1 is 0.600 bits per heavy atom. The molecule has 4 heteroatoms. The highest BCUT2D eigenvalue weighted by atomic mass is 19.1. The molecule has 3 rings (SSSR count). The standard InChI is InChI=1S/C36H51FN2O/c1-3-5-7-9-11-12-13-15-17-30-19-21-32(22-20-30)36-38-27-33(28-39-36)31-23-25-35(26-24-31)40-29-34(37)18-16-14-10-8-6-4-2/h19-28,34H,3-18,29H2,1-2H3. The number of halogens is 1. The average molecular weight is 547 g/mol. The lowest BCUT2D eigenvalue weighted by Gasteiger charge is -2.11. The van der Waals surface area contributed by atoms with Crippen LogP contribution in [0.25, 0.3) is 22.5 Å². The predicted molar refractivity (Wildman–Crippen MR) is 168 cm³/mol. The van der Waals surface area contributed by atoms with Gasteiger partial charge in [-0.05, 0) is 42.5 Å². The monoisotopic (exact) mass is 546 g/mol. The minimum absolute atomic E-state index is 0.115. The van der Waals surface area contributed by atoms with Gasteiger partial charge in [-0.2, -0.15) is 0 Å². The number of benzene rings is 2. The van der Waals surface area contributed by atoms with E-state index in [0.717, 1.165) is 41.8 Å². The molecule has 0 aliphatic heterocycles. The smallest absolute Gasteiger partial charge is 0.159 e. The van der Waals surface area contributed by atoms with E-state index in [-0.39, 0.29) is 6.61 Å². The number of aromatic nitrogens is 2. The Hall–Kier alpha value is -2.75. The van der Waals surface area contributed by atoms with E-state index in [1.165, 1.54) is 82.6 Å². The molecule has 1 unspecified atom stereocenters. The minimum atomic E-state index is -0.911. The van der Waals surface area contributed by atoms with Crippen molar-refractivity contribution in [1.29, 1.82) is 0 Å². The number of hydrogen-bond acceptors (Lipinski definition) is 3. The number of hydrogen-bond donors (Lipinski definition) is 0. The van der Waals surface area contributed by atoms with E-state index in [4.69, 9.17) is 4.74 Å². The first kappa shape index (κ1) is 31.8. The summed E-state index contributed by atoms with van der Waals surface area (Å²) >= 11 is 0. The van der Waals surface area contributed by atoms with E-state index in [1.54, 1.807) is 0 Å². The minimum Gasteiger partial charge on any atom is -0.491 e. The van der Waals surface area contributed by atoms with Crippen molar-refractivity contribution in [2.24, 2.45) is 0 Å². The fourth-order valence-corrected chi connectivity index (χ4v) is 5.07. The number of ether oxygens (including phenoxy) is 1. The van der Waals surface area contributed by atoms with Crippen LogP contribution in [0.1, 0.15) is 116 Å². The van der Waals surface area contributed by atoms with Crippen LogP contribution in [0.15, 0.2) is 60.9 Å². The van der Waals surface area contributed by atoms with Crippen LogP contribution in [0, 0.1) is 0 Å². The second kappa shape index (κ2) is 19.3. The van der Waals surface area contributed by atoms with Crippen molar-refractivity contribution in [1.82, 2.24) is 9.97 Å². The lowest BCUT2D eigenvalue weighted by molar-refractivity contribution is 0.184. The van der Waals surface area contributed by atoms with Crippen molar-refractivity contribution in [2.45, 2.75) is 123 Å². The van der Waals surface area contributed by atoms with Crippen molar-refractivity contribution in [3.05, 3.63) is 66.5 Å². The number of unbranched alkanes of at least 4 members (excludes halogenated alkanes) is 12. The molecule has 3 aromatic rings. The Balaban J connectivity index is 1.38. The van der Waals surface area contributed by atoms with E-state index >= 15 is 0 Å². The van der Waals surface area contributed by atoms with Crippen LogP contribution in [0.3, 0.4) is 0 Å². The van der Waals surface area contributed by atoms with Crippen molar-refractivity contribution in [3.63, 3.8) is 0 Å². The molecular formula is C36H51FN2O. The highest BCUT2D eigenvalue weighted by Crippen LogP contribution is 2.24. The zero-order valence-corrected chi connectivity index (χ0v) is 25.1. The second-order valence-electron chi connectivity index (χ2n) is 11.2. The molecule has 0 bridgehead atoms. The summed E-state index contributed by atoms with van der Waals surface area (Å²) in [7, 11) is 0. The van der Waals surface area contributed by atoms with Crippen LogP contribution in [-0.4, -0.2) is 22.7 Å². The molecule has 0 aliphatic rings. The molecule has 2 aromatic carbocycles. The summed E-state index contributed by atoms with van der Waals surface area (Å²) < 4.78 is 19.9. The van der Waals surface area contributed by atoms with Gasteiger partial charge >= 0.3 is 0 Å². The van der Waals surface area contributed by atoms with Crippen LogP contribution >= 0.6 is 0 Å². The third kappa shape index (κ3) is 12.2. The maximum Gasteiger partial charge on any atom is 0.159 e. The molecule has 0 radical (unpaired) electrons. The highest BCUT2D eigenvalue weighted by Gasteiger charge is 2.08. The quantitative estimate of drug-likeness (QED) is 0.125. The van der Waals surface area contributed by atoms with E-state index in [0.29, 0.717) is 12.2 Å². The maximum atomic E-state index is 14.2. The molecule has 1 heterocycles. The van der Waals surface area contributed by atoms with Crippen LogP contribution in [0.4, 0.5) is 4.39 Å². The molecule has 0 saturated heterocycles. The van der Waals surface area contributed by atoms with Crippen molar-refractivity contribution < 1.29 is 9.13 Å². The first-order valence-corrected chi connectivity index (χ1v) is 16.0. The van der Waals surface area contributed by atoms with Gasteiger partial charge in [-0.25, -0.2) is 14.4 Å². The van der Waals surface area contributed by atoms with Crippen LogP contribution in [0.5, 0.6) is 5.75 Å². The lowest BCUT2D eigenvalue weighted by atomic mass is 10.0. The van der Waals surface area contributed by atoms with Gasteiger partial charge in [-0.1, -0.05) is 134 Å². The van der Waals surface area contributed by atoms with Gasteiger partial charge in [0, 0.05) is 23.5 Å². The Morgan fingerprint density at radius 3 is 1.73 bits per heavy atom. The third-order valence-electron chi connectivity index (χ3n) is 7.67. The van der Waals surface area contributed by atoms with E-state index in [9.17, 15) is 4.39 Å². The number of alkyl halides is 1. The first-order chi connectivity index (χ1) is 19.7. The van der Waals surface area contributed by atoms with Crippen LogP contribution in [-0.2, 0) is 6.42 Å². The Morgan fingerprint density at radius 2 is 1.12 bits per heavy atom. The van der Waals surface area contributed by atoms with Crippen molar-refractivity contribution >= 4 is 0 Å². The predicted octanol–water partition coefficient (Wildman–Crippen LogP) is 11.0. The summed E-state index contributed by atoms with van der Waals surface area (Å²) in [5.74, 6) is 1.43. The van der Waals surface area contributed by atoms with Gasteiger partial charge in [0.15, 0.2) is 5.82 Å². The average Bonchev–Trinajstić information content (AvgIpc) is 3.00. The second-order valence-corrected chi connectivity index (χ2v) is 11.2. The summed E-state index contributed by atoms with van der Waals surface area (Å²) in [6, 6.07) is 16.4. The molecule has 0 saturated carbocycles. The topological polar surface area (TPSA) is 35.0 Å². The third-order valence-corrected chi connectivity index (χ3v) is 7.67. The van der Waals surface area contributed by atoms with E-state index in [1.807, 2.05) is 36.7 Å². The summed E-state index contributed by atoms with van der Waals surface area (Å²) in [5.41, 5.74) is 4.39. The van der Waals surface area contributed by atoms with Crippen LogP contribution < -0.4 is 4.74 Å². The van der Waals surface area contributed by atoms with E-state index in [2.05, 4.69) is 48.1 Å². The maximum absolute atomic E-state index is 14.2. The number of aryl methyl sites for hydroxylation is 1. The van der Waals surface area contributed by atoms with Gasteiger partial charge < -0.3 is 4.74 Å². The zero-order valence-electron chi connectivity index (χ0n) is 25.1. The molecule has 40 heavy (non-hydrogen) atoms. The summed E-state index contributed by atoms with van der Waals surface area (Å²) in [5, 5.41) is 0. The fraction of sp³-hybridized carbons (Fsp3) is 0.556. The highest BCUT2D eigenvalue weighted by molar-refractivity contribution is 5.64. The molecule has 3 nitrogen and oxygen atoms in total. The van der Waals surface area contributed by atoms with Crippen molar-refractivity contribution in [3.8, 4) is 28.3 Å². The first-order valence-electron chi connectivity index (χ1n) is 16.0. The molecule has 0 fully saturated rings. The molecule has 0 spiro atoms. The Kier molecular flexibility index (Phi) is 15.4. The summed E-state index contributed by atoms with van der Waals surface area (Å²) in [6.07, 6.45) is 22.4. The number of rotatable bonds is 21. The van der Waals surface area contributed by atoms with Gasteiger partial charge in [-0.15, -0.1) is 0 Å². The van der Waals surface area contributed by atoms with Gasteiger partial charge in [-0.3, -0.25) is 0 Å². The van der Waals surface area contributed by atoms with Gasteiger partial charge in [0.05, 0.1) is 0 Å². The fourth-order valence-electron chi connectivity index (χ4n) is 5.07. The zero-order chi connectivity index (χ0) is 28.3. The Bertz CT molecular complexity index is 1030. The van der Waals surface area contributed by atoms with Crippen molar-refractivity contribution in [2.75, 3.05) is 6.61 Å². The molecule has 0 N–H and O–H groups in total. The molecule has 1 atom stereocenters. The lowest BCUT2D eigenvalue weighted by Crippen LogP contribution is -2.12. The van der Waals surface area contributed by atoms with Gasteiger partial charge in [0.25, 0.3) is 0 Å². The molecule has 0 amide bonds. The summed E-state index contributed by atoms with van der Waals surface area (Å²) in [6.45, 7) is 4.60. The largest absolute Gasteiger partial charge is 0.491 e. The molecule has 0 aliphatic carbocycles. The molecular weight excluding hydrogens is 495 g/mol. The molecule has 1 aromatic heterocycles. The summed E-state index contributed by atoms with van der Waals surface area (Å²) in [4.78, 5) is 9.23.